The molecule has 0 aromatic heterocycles. The van der Waals surface area contributed by atoms with Gasteiger partial charge >= 0.3 is 0 Å². The molecule has 0 radical (unpaired) electrons. The third kappa shape index (κ3) is 5.08. The fourth-order valence-corrected chi connectivity index (χ4v) is 3.65. The Balaban J connectivity index is 1.74. The zero-order valence-electron chi connectivity index (χ0n) is 12.5. The third-order valence-corrected chi connectivity index (χ3v) is 5.08. The van der Waals surface area contributed by atoms with Gasteiger partial charge in [0, 0.05) is 23.2 Å². The first kappa shape index (κ1) is 16.4. The molecule has 2 rings (SSSR count). The molecule has 0 amide bonds. The number of hydrogen-bond acceptors (Lipinski definition) is 3. The number of nitro groups is 1. The van der Waals surface area contributed by atoms with Crippen molar-refractivity contribution in [2.24, 2.45) is 11.8 Å². The van der Waals surface area contributed by atoms with Crippen molar-refractivity contribution in [1.82, 2.24) is 5.32 Å². The van der Waals surface area contributed by atoms with Crippen LogP contribution in [0.25, 0.3) is 0 Å². The fourth-order valence-electron chi connectivity index (χ4n) is 3.14. The number of benzene rings is 1. The predicted molar refractivity (Wildman–Crippen MR) is 88.2 cm³/mol. The number of non-ortho nitro benzene ring substituents is 1. The summed E-state index contributed by atoms with van der Waals surface area (Å²) in [6.45, 7) is 4.12. The number of nitrogens with one attached hydrogen (secondary N) is 1. The molecule has 1 saturated carbocycles. The number of halogens is 1. The van der Waals surface area contributed by atoms with Crippen LogP contribution in [0.2, 0.25) is 0 Å². The van der Waals surface area contributed by atoms with Crippen LogP contribution < -0.4 is 5.32 Å². The van der Waals surface area contributed by atoms with E-state index >= 15 is 0 Å². The summed E-state index contributed by atoms with van der Waals surface area (Å²) in [4.78, 5) is 10.3. The van der Waals surface area contributed by atoms with Crippen molar-refractivity contribution >= 4 is 21.6 Å². The van der Waals surface area contributed by atoms with Crippen molar-refractivity contribution in [3.8, 4) is 0 Å². The maximum Gasteiger partial charge on any atom is 0.270 e. The number of nitrogens with zero attached hydrogens (tertiary/aromatic N) is 1. The second kappa shape index (κ2) is 7.90. The van der Waals surface area contributed by atoms with Gasteiger partial charge in [0.25, 0.3) is 5.69 Å². The second-order valence-electron chi connectivity index (χ2n) is 6.14. The molecule has 1 aliphatic carbocycles. The van der Waals surface area contributed by atoms with Crippen LogP contribution in [0, 0.1) is 22.0 Å². The molecular weight excluding hydrogens is 332 g/mol. The van der Waals surface area contributed by atoms with E-state index < -0.39 is 0 Å². The summed E-state index contributed by atoms with van der Waals surface area (Å²) in [5.74, 6) is 1.74. The molecule has 21 heavy (non-hydrogen) atoms. The van der Waals surface area contributed by atoms with Gasteiger partial charge in [0.15, 0.2) is 0 Å². The molecule has 0 saturated heterocycles. The van der Waals surface area contributed by atoms with E-state index in [4.69, 9.17) is 0 Å². The van der Waals surface area contributed by atoms with E-state index in [-0.39, 0.29) is 10.6 Å². The lowest BCUT2D eigenvalue weighted by Gasteiger charge is -2.26. The molecule has 2 unspecified atom stereocenters. The van der Waals surface area contributed by atoms with Crippen LogP contribution in [0.4, 0.5) is 5.69 Å². The average Bonchev–Trinajstić information content (AvgIpc) is 2.45. The molecule has 0 bridgehead atoms. The van der Waals surface area contributed by atoms with E-state index in [0.717, 1.165) is 35.0 Å². The molecule has 1 aliphatic rings. The first-order valence-electron chi connectivity index (χ1n) is 7.70. The molecule has 1 N–H and O–H groups in total. The molecule has 0 spiro atoms. The van der Waals surface area contributed by atoms with E-state index in [2.05, 4.69) is 28.2 Å². The monoisotopic (exact) mass is 354 g/mol. The van der Waals surface area contributed by atoms with Crippen LogP contribution in [0.1, 0.15) is 44.6 Å². The van der Waals surface area contributed by atoms with Gasteiger partial charge in [0.2, 0.25) is 0 Å². The van der Waals surface area contributed by atoms with Crippen LogP contribution in [0.3, 0.4) is 0 Å². The highest BCUT2D eigenvalue weighted by Gasteiger charge is 2.18. The predicted octanol–water partition coefficient (Wildman–Crippen LogP) is 4.66. The molecule has 0 aliphatic heterocycles. The SMILES string of the molecule is CC1CCCC(CCNCc2ccc([N+](=O)[O-])cc2Br)C1. The van der Waals surface area contributed by atoms with Gasteiger partial charge in [-0.2, -0.15) is 0 Å². The van der Waals surface area contributed by atoms with E-state index in [9.17, 15) is 10.1 Å². The minimum absolute atomic E-state index is 0.127. The summed E-state index contributed by atoms with van der Waals surface area (Å²) in [6.07, 6.45) is 6.73. The van der Waals surface area contributed by atoms with E-state index in [1.165, 1.54) is 32.1 Å². The molecule has 5 heteroatoms. The van der Waals surface area contributed by atoms with Crippen molar-refractivity contribution < 1.29 is 4.92 Å². The zero-order valence-corrected chi connectivity index (χ0v) is 14.1. The highest BCUT2D eigenvalue weighted by Crippen LogP contribution is 2.30. The van der Waals surface area contributed by atoms with Gasteiger partial charge in [-0.05, 0) is 42.9 Å². The van der Waals surface area contributed by atoms with Gasteiger partial charge in [-0.1, -0.05) is 42.1 Å². The van der Waals surface area contributed by atoms with Gasteiger partial charge in [0.05, 0.1) is 4.92 Å². The summed E-state index contributed by atoms with van der Waals surface area (Å²) < 4.78 is 0.801. The van der Waals surface area contributed by atoms with Crippen LogP contribution in [-0.4, -0.2) is 11.5 Å². The Hall–Kier alpha value is -0.940. The standard InChI is InChI=1S/C16H23BrN2O2/c1-12-3-2-4-13(9-12)7-8-18-11-14-5-6-15(19(20)21)10-16(14)17/h5-6,10,12-13,18H,2-4,7-9,11H2,1H3. The van der Waals surface area contributed by atoms with Crippen molar-refractivity contribution in [3.63, 3.8) is 0 Å². The molecule has 2 atom stereocenters. The summed E-state index contributed by atoms with van der Waals surface area (Å²) in [6, 6.07) is 4.95. The Labute approximate surface area is 134 Å². The zero-order chi connectivity index (χ0) is 15.2. The largest absolute Gasteiger partial charge is 0.313 e. The van der Waals surface area contributed by atoms with Gasteiger partial charge in [0.1, 0.15) is 0 Å². The summed E-state index contributed by atoms with van der Waals surface area (Å²) >= 11 is 3.41. The molecule has 1 aromatic rings. The van der Waals surface area contributed by atoms with Crippen LogP contribution in [0.15, 0.2) is 22.7 Å². The maximum absolute atomic E-state index is 10.7. The Morgan fingerprint density at radius 1 is 1.43 bits per heavy atom. The second-order valence-corrected chi connectivity index (χ2v) is 6.99. The van der Waals surface area contributed by atoms with Crippen molar-refractivity contribution in [3.05, 3.63) is 38.3 Å². The van der Waals surface area contributed by atoms with E-state index in [0.29, 0.717) is 0 Å². The van der Waals surface area contributed by atoms with Crippen LogP contribution >= 0.6 is 15.9 Å². The normalized spacial score (nSPS) is 22.2. The van der Waals surface area contributed by atoms with Gasteiger partial charge in [-0.15, -0.1) is 0 Å². The minimum Gasteiger partial charge on any atom is -0.313 e. The number of rotatable bonds is 6. The molecule has 1 fully saturated rings. The van der Waals surface area contributed by atoms with Crippen molar-refractivity contribution in [1.29, 1.82) is 0 Å². The minimum atomic E-state index is -0.369. The maximum atomic E-state index is 10.7. The lowest BCUT2D eigenvalue weighted by Crippen LogP contribution is -2.21. The van der Waals surface area contributed by atoms with Crippen LogP contribution in [-0.2, 0) is 6.54 Å². The first-order valence-corrected chi connectivity index (χ1v) is 8.49. The Morgan fingerprint density at radius 2 is 2.24 bits per heavy atom. The molecular formula is C16H23BrN2O2. The first-order chi connectivity index (χ1) is 10.1. The highest BCUT2D eigenvalue weighted by atomic mass is 79.9. The topological polar surface area (TPSA) is 55.2 Å². The van der Waals surface area contributed by atoms with Gasteiger partial charge in [-0.25, -0.2) is 0 Å². The molecule has 1 aromatic carbocycles. The molecule has 116 valence electrons. The van der Waals surface area contributed by atoms with Crippen molar-refractivity contribution in [2.45, 2.75) is 45.6 Å². The number of nitro benzene ring substituents is 1. The quantitative estimate of drug-likeness (QED) is 0.459. The lowest BCUT2D eigenvalue weighted by atomic mass is 9.81. The molecule has 0 heterocycles. The third-order valence-electron chi connectivity index (χ3n) is 4.34. The van der Waals surface area contributed by atoms with Crippen LogP contribution in [0.5, 0.6) is 0 Å². The van der Waals surface area contributed by atoms with Crippen molar-refractivity contribution in [2.75, 3.05) is 6.54 Å². The van der Waals surface area contributed by atoms with E-state index in [1.54, 1.807) is 12.1 Å². The average molecular weight is 355 g/mol. The Bertz CT molecular complexity index is 493. The highest BCUT2D eigenvalue weighted by molar-refractivity contribution is 9.10. The fraction of sp³-hybridized carbons (Fsp3) is 0.625. The number of hydrogen-bond donors (Lipinski definition) is 1. The smallest absolute Gasteiger partial charge is 0.270 e. The van der Waals surface area contributed by atoms with Gasteiger partial charge in [-0.3, -0.25) is 10.1 Å². The molecule has 4 nitrogen and oxygen atoms in total. The van der Waals surface area contributed by atoms with E-state index in [1.807, 2.05) is 6.07 Å². The summed E-state index contributed by atoms with van der Waals surface area (Å²) in [7, 11) is 0. The Kier molecular flexibility index (Phi) is 6.18. The lowest BCUT2D eigenvalue weighted by molar-refractivity contribution is -0.384. The Morgan fingerprint density at radius 3 is 2.90 bits per heavy atom. The van der Waals surface area contributed by atoms with Gasteiger partial charge < -0.3 is 5.32 Å². The summed E-state index contributed by atoms with van der Waals surface area (Å²) in [5, 5.41) is 14.1. The summed E-state index contributed by atoms with van der Waals surface area (Å²) in [5.41, 5.74) is 1.19.